The van der Waals surface area contributed by atoms with Crippen molar-refractivity contribution >= 4 is 11.0 Å². The maximum absolute atomic E-state index is 11.8. The van der Waals surface area contributed by atoms with Gasteiger partial charge in [0.15, 0.2) is 0 Å². The van der Waals surface area contributed by atoms with E-state index in [1.165, 1.54) is 0 Å². The summed E-state index contributed by atoms with van der Waals surface area (Å²) in [5.74, 6) is 0. The number of imidazole rings is 1. The first-order valence-corrected chi connectivity index (χ1v) is 4.92. The van der Waals surface area contributed by atoms with Crippen molar-refractivity contribution in [2.24, 2.45) is 7.05 Å². The van der Waals surface area contributed by atoms with Gasteiger partial charge in [0.05, 0.1) is 24.2 Å². The Morgan fingerprint density at radius 1 is 1.33 bits per heavy atom. The van der Waals surface area contributed by atoms with E-state index in [2.05, 4.69) is 0 Å². The van der Waals surface area contributed by atoms with Crippen LogP contribution in [0.2, 0.25) is 0 Å². The van der Waals surface area contributed by atoms with Crippen molar-refractivity contribution in [1.29, 1.82) is 0 Å². The van der Waals surface area contributed by atoms with Crippen molar-refractivity contribution in [3.63, 3.8) is 0 Å². The number of hydrogen-bond donors (Lipinski definition) is 1. The molecule has 4 nitrogen and oxygen atoms in total. The molecule has 1 aromatic carbocycles. The molecule has 0 aliphatic carbocycles. The highest BCUT2D eigenvalue weighted by Crippen LogP contribution is 2.13. The number of hydrogen-bond acceptors (Lipinski definition) is 2. The van der Waals surface area contributed by atoms with Crippen molar-refractivity contribution < 1.29 is 5.11 Å². The summed E-state index contributed by atoms with van der Waals surface area (Å²) in [7, 11) is 1.75. The molecule has 2 aromatic rings. The lowest BCUT2D eigenvalue weighted by Gasteiger charge is -1.99. The van der Waals surface area contributed by atoms with Crippen molar-refractivity contribution in [3.05, 3.63) is 34.2 Å². The maximum atomic E-state index is 11.8. The molecule has 4 heteroatoms. The number of fused-ring (bicyclic) bond motifs is 1. The fourth-order valence-electron chi connectivity index (χ4n) is 1.83. The van der Waals surface area contributed by atoms with Gasteiger partial charge in [-0.15, -0.1) is 0 Å². The molecule has 0 bridgehead atoms. The summed E-state index contributed by atoms with van der Waals surface area (Å²) in [6.07, 6.45) is 0. The zero-order chi connectivity index (χ0) is 11.0. The van der Waals surface area contributed by atoms with Gasteiger partial charge in [-0.05, 0) is 24.6 Å². The molecular formula is C11H14N2O2. The minimum absolute atomic E-state index is 0.0209. The number of nitrogens with zero attached hydrogens (tertiary/aromatic N) is 2. The Morgan fingerprint density at radius 2 is 2.07 bits per heavy atom. The summed E-state index contributed by atoms with van der Waals surface area (Å²) in [6.45, 7) is 2.32. The topological polar surface area (TPSA) is 47.2 Å². The van der Waals surface area contributed by atoms with Gasteiger partial charge in [-0.2, -0.15) is 0 Å². The second-order valence-corrected chi connectivity index (χ2v) is 3.71. The molecule has 2 rings (SSSR count). The predicted octanol–water partition coefficient (Wildman–Crippen LogP) is 0.641. The highest BCUT2D eigenvalue weighted by molar-refractivity contribution is 5.76. The van der Waals surface area contributed by atoms with Gasteiger partial charge in [0, 0.05) is 7.05 Å². The minimum atomic E-state index is -0.0790. The second-order valence-electron chi connectivity index (χ2n) is 3.71. The van der Waals surface area contributed by atoms with Crippen LogP contribution in [0.4, 0.5) is 0 Å². The average Bonchev–Trinajstić information content (AvgIpc) is 2.44. The first-order chi connectivity index (χ1) is 7.15. The van der Waals surface area contributed by atoms with Crippen LogP contribution in [0.1, 0.15) is 5.56 Å². The zero-order valence-corrected chi connectivity index (χ0v) is 8.90. The summed E-state index contributed by atoms with van der Waals surface area (Å²) in [6, 6.07) is 5.86. The number of aliphatic hydroxyl groups excluding tert-OH is 1. The molecule has 0 atom stereocenters. The van der Waals surface area contributed by atoms with Crippen LogP contribution in [0.3, 0.4) is 0 Å². The molecule has 15 heavy (non-hydrogen) atoms. The van der Waals surface area contributed by atoms with Gasteiger partial charge in [-0.1, -0.05) is 6.07 Å². The van der Waals surface area contributed by atoms with Crippen LogP contribution in [0.5, 0.6) is 0 Å². The van der Waals surface area contributed by atoms with E-state index in [0.717, 1.165) is 16.6 Å². The van der Waals surface area contributed by atoms with E-state index in [1.54, 1.807) is 16.2 Å². The number of benzene rings is 1. The first kappa shape index (κ1) is 9.98. The molecule has 0 saturated heterocycles. The molecule has 1 aromatic heterocycles. The third-order valence-corrected chi connectivity index (χ3v) is 2.62. The molecule has 0 unspecified atom stereocenters. The molecular weight excluding hydrogens is 192 g/mol. The lowest BCUT2D eigenvalue weighted by molar-refractivity contribution is 0.275. The number of aryl methyl sites for hydroxylation is 2. The van der Waals surface area contributed by atoms with Gasteiger partial charge in [-0.25, -0.2) is 4.79 Å². The van der Waals surface area contributed by atoms with Crippen molar-refractivity contribution in [3.8, 4) is 0 Å². The van der Waals surface area contributed by atoms with Crippen molar-refractivity contribution in [1.82, 2.24) is 9.13 Å². The van der Waals surface area contributed by atoms with Crippen LogP contribution in [0, 0.1) is 6.92 Å². The molecule has 0 aliphatic heterocycles. The molecule has 0 fully saturated rings. The summed E-state index contributed by atoms with van der Waals surface area (Å²) in [5, 5.41) is 8.90. The Balaban J connectivity index is 2.81. The van der Waals surface area contributed by atoms with E-state index in [9.17, 15) is 4.79 Å². The van der Waals surface area contributed by atoms with Gasteiger partial charge >= 0.3 is 5.69 Å². The zero-order valence-electron chi connectivity index (χ0n) is 8.90. The SMILES string of the molecule is Cc1ccc2c(c1)n(C)c(=O)n2CCO. The van der Waals surface area contributed by atoms with E-state index in [4.69, 9.17) is 5.11 Å². The monoisotopic (exact) mass is 206 g/mol. The van der Waals surface area contributed by atoms with Gasteiger partial charge in [0.1, 0.15) is 0 Å². The Morgan fingerprint density at radius 3 is 2.73 bits per heavy atom. The molecule has 1 heterocycles. The largest absolute Gasteiger partial charge is 0.395 e. The Hall–Kier alpha value is -1.55. The number of aromatic nitrogens is 2. The van der Waals surface area contributed by atoms with Crippen LogP contribution in [-0.2, 0) is 13.6 Å². The highest BCUT2D eigenvalue weighted by atomic mass is 16.3. The van der Waals surface area contributed by atoms with Gasteiger partial charge in [0.25, 0.3) is 0 Å². The number of rotatable bonds is 2. The van der Waals surface area contributed by atoms with Crippen LogP contribution in [-0.4, -0.2) is 20.8 Å². The van der Waals surface area contributed by atoms with E-state index in [-0.39, 0.29) is 12.3 Å². The minimum Gasteiger partial charge on any atom is -0.395 e. The first-order valence-electron chi connectivity index (χ1n) is 4.92. The molecule has 0 aliphatic rings. The number of aliphatic hydroxyl groups is 1. The second kappa shape index (κ2) is 3.55. The van der Waals surface area contributed by atoms with E-state index in [1.807, 2.05) is 25.1 Å². The summed E-state index contributed by atoms with van der Waals surface area (Å²) in [4.78, 5) is 11.8. The van der Waals surface area contributed by atoms with E-state index < -0.39 is 0 Å². The van der Waals surface area contributed by atoms with Crippen LogP contribution < -0.4 is 5.69 Å². The van der Waals surface area contributed by atoms with Gasteiger partial charge in [-0.3, -0.25) is 9.13 Å². The molecule has 1 N–H and O–H groups in total. The third-order valence-electron chi connectivity index (χ3n) is 2.62. The van der Waals surface area contributed by atoms with Crippen LogP contribution in [0.25, 0.3) is 11.0 Å². The Labute approximate surface area is 87.4 Å². The Bertz CT molecular complexity index is 551. The predicted molar refractivity (Wildman–Crippen MR) is 59.0 cm³/mol. The van der Waals surface area contributed by atoms with Crippen LogP contribution in [0.15, 0.2) is 23.0 Å². The molecule has 0 amide bonds. The summed E-state index contributed by atoms with van der Waals surface area (Å²) < 4.78 is 3.20. The molecule has 0 saturated carbocycles. The molecule has 0 spiro atoms. The smallest absolute Gasteiger partial charge is 0.328 e. The quantitative estimate of drug-likeness (QED) is 0.783. The van der Waals surface area contributed by atoms with Crippen molar-refractivity contribution in [2.75, 3.05) is 6.61 Å². The Kier molecular flexibility index (Phi) is 2.36. The summed E-state index contributed by atoms with van der Waals surface area (Å²) >= 11 is 0. The van der Waals surface area contributed by atoms with E-state index >= 15 is 0 Å². The lowest BCUT2D eigenvalue weighted by atomic mass is 10.2. The average molecular weight is 206 g/mol. The van der Waals surface area contributed by atoms with Crippen LogP contribution >= 0.6 is 0 Å². The molecule has 80 valence electrons. The fraction of sp³-hybridized carbons (Fsp3) is 0.364. The van der Waals surface area contributed by atoms with Gasteiger partial charge < -0.3 is 5.11 Å². The maximum Gasteiger partial charge on any atom is 0.328 e. The summed E-state index contributed by atoms with van der Waals surface area (Å²) in [5.41, 5.74) is 2.83. The fourth-order valence-corrected chi connectivity index (χ4v) is 1.83. The van der Waals surface area contributed by atoms with E-state index in [0.29, 0.717) is 6.54 Å². The standard InChI is InChI=1S/C11H14N2O2/c1-8-3-4-9-10(7-8)12(2)11(15)13(9)5-6-14/h3-4,7,14H,5-6H2,1-2H3. The molecule has 0 radical (unpaired) electrons. The van der Waals surface area contributed by atoms with Gasteiger partial charge in [0.2, 0.25) is 0 Å². The lowest BCUT2D eigenvalue weighted by Crippen LogP contribution is -2.23. The highest BCUT2D eigenvalue weighted by Gasteiger charge is 2.09. The third kappa shape index (κ3) is 1.47. The van der Waals surface area contributed by atoms with Crippen molar-refractivity contribution in [2.45, 2.75) is 13.5 Å². The normalized spacial score (nSPS) is 11.1.